The lowest BCUT2D eigenvalue weighted by molar-refractivity contribution is 0.277. The third-order valence-corrected chi connectivity index (χ3v) is 4.96. The lowest BCUT2D eigenvalue weighted by Crippen LogP contribution is -2.15. The van der Waals surface area contributed by atoms with Crippen molar-refractivity contribution in [3.05, 3.63) is 30.1 Å². The van der Waals surface area contributed by atoms with Gasteiger partial charge in [0.2, 0.25) is 0 Å². The van der Waals surface area contributed by atoms with Crippen molar-refractivity contribution in [1.82, 2.24) is 9.97 Å². The molecule has 22 heavy (non-hydrogen) atoms. The molecular weight excluding hydrogens is 270 g/mol. The maximum absolute atomic E-state index is 4.81. The molecule has 118 valence electrons. The van der Waals surface area contributed by atoms with Gasteiger partial charge in [-0.05, 0) is 30.4 Å². The standard InChI is InChI=1S/C19H27N3/c1-14-8-10-15(11-9-14)12-13-18-20-17-7-5-4-6-16(17)19(21-18)22(2)3/h4-7,14-15H,8-13H2,1-3H3. The van der Waals surface area contributed by atoms with Gasteiger partial charge in [-0.2, -0.15) is 0 Å². The van der Waals surface area contributed by atoms with Crippen LogP contribution < -0.4 is 4.90 Å². The van der Waals surface area contributed by atoms with E-state index in [0.717, 1.165) is 40.8 Å². The molecule has 0 radical (unpaired) electrons. The van der Waals surface area contributed by atoms with Gasteiger partial charge in [0.15, 0.2) is 0 Å². The van der Waals surface area contributed by atoms with Gasteiger partial charge in [0.25, 0.3) is 0 Å². The molecule has 1 aliphatic carbocycles. The maximum Gasteiger partial charge on any atom is 0.139 e. The summed E-state index contributed by atoms with van der Waals surface area (Å²) in [5.41, 5.74) is 1.06. The summed E-state index contributed by atoms with van der Waals surface area (Å²) in [6.45, 7) is 2.38. The Balaban J connectivity index is 1.76. The van der Waals surface area contributed by atoms with Gasteiger partial charge in [0.1, 0.15) is 11.6 Å². The van der Waals surface area contributed by atoms with Crippen LogP contribution in [0.25, 0.3) is 10.9 Å². The zero-order valence-electron chi connectivity index (χ0n) is 14.0. The maximum atomic E-state index is 4.81. The van der Waals surface area contributed by atoms with Gasteiger partial charge in [0, 0.05) is 25.9 Å². The number of hydrogen-bond donors (Lipinski definition) is 0. The molecule has 0 saturated heterocycles. The van der Waals surface area contributed by atoms with Gasteiger partial charge in [-0.25, -0.2) is 9.97 Å². The molecule has 0 unspecified atom stereocenters. The molecular formula is C19H27N3. The highest BCUT2D eigenvalue weighted by Crippen LogP contribution is 2.31. The van der Waals surface area contributed by atoms with Gasteiger partial charge in [-0.15, -0.1) is 0 Å². The van der Waals surface area contributed by atoms with E-state index in [1.54, 1.807) is 0 Å². The third-order valence-electron chi connectivity index (χ3n) is 4.96. The van der Waals surface area contributed by atoms with Crippen LogP contribution in [-0.2, 0) is 6.42 Å². The second-order valence-electron chi connectivity index (χ2n) is 7.04. The minimum Gasteiger partial charge on any atom is -0.362 e. The Kier molecular flexibility index (Phi) is 4.60. The van der Waals surface area contributed by atoms with E-state index in [4.69, 9.17) is 9.97 Å². The van der Waals surface area contributed by atoms with Gasteiger partial charge >= 0.3 is 0 Å². The Hall–Kier alpha value is -1.64. The topological polar surface area (TPSA) is 29.0 Å². The molecule has 3 nitrogen and oxygen atoms in total. The molecule has 0 bridgehead atoms. The van der Waals surface area contributed by atoms with Gasteiger partial charge in [-0.1, -0.05) is 44.7 Å². The highest BCUT2D eigenvalue weighted by Gasteiger charge is 2.18. The number of para-hydroxylation sites is 1. The van der Waals surface area contributed by atoms with E-state index in [1.165, 1.54) is 32.1 Å². The fourth-order valence-electron chi connectivity index (χ4n) is 3.51. The summed E-state index contributed by atoms with van der Waals surface area (Å²) in [5, 5.41) is 1.14. The summed E-state index contributed by atoms with van der Waals surface area (Å²) in [5.74, 6) is 3.83. The van der Waals surface area contributed by atoms with Crippen molar-refractivity contribution in [3.8, 4) is 0 Å². The molecule has 0 atom stereocenters. The second-order valence-corrected chi connectivity index (χ2v) is 7.04. The Morgan fingerprint density at radius 1 is 1.05 bits per heavy atom. The number of nitrogens with zero attached hydrogens (tertiary/aromatic N) is 3. The molecule has 1 aliphatic rings. The Morgan fingerprint density at radius 2 is 1.77 bits per heavy atom. The fourth-order valence-corrected chi connectivity index (χ4v) is 3.51. The smallest absolute Gasteiger partial charge is 0.139 e. The molecule has 0 amide bonds. The van der Waals surface area contributed by atoms with Crippen LogP contribution in [0.4, 0.5) is 5.82 Å². The Labute approximate surface area is 133 Å². The molecule has 3 heteroatoms. The van der Waals surface area contributed by atoms with Crippen LogP contribution in [0.3, 0.4) is 0 Å². The van der Waals surface area contributed by atoms with Crippen LogP contribution in [0, 0.1) is 11.8 Å². The number of anilines is 1. The monoisotopic (exact) mass is 297 g/mol. The molecule has 1 fully saturated rings. The largest absolute Gasteiger partial charge is 0.362 e. The summed E-state index contributed by atoms with van der Waals surface area (Å²) in [6.07, 6.45) is 7.80. The third kappa shape index (κ3) is 3.40. The number of aryl methyl sites for hydroxylation is 1. The van der Waals surface area contributed by atoms with Gasteiger partial charge in [0.05, 0.1) is 5.52 Å². The van der Waals surface area contributed by atoms with Crippen LogP contribution in [-0.4, -0.2) is 24.1 Å². The predicted molar refractivity (Wildman–Crippen MR) is 93.3 cm³/mol. The molecule has 0 N–H and O–H groups in total. The summed E-state index contributed by atoms with van der Waals surface area (Å²) >= 11 is 0. The first kappa shape index (κ1) is 15.3. The van der Waals surface area contributed by atoms with Crippen LogP contribution >= 0.6 is 0 Å². The van der Waals surface area contributed by atoms with Crippen molar-refractivity contribution in [2.45, 2.75) is 45.4 Å². The molecule has 1 heterocycles. The Bertz CT molecular complexity index is 628. The number of hydrogen-bond acceptors (Lipinski definition) is 3. The van der Waals surface area contributed by atoms with Crippen molar-refractivity contribution in [1.29, 1.82) is 0 Å². The number of benzene rings is 1. The van der Waals surface area contributed by atoms with Gasteiger partial charge < -0.3 is 4.90 Å². The van der Waals surface area contributed by atoms with Crippen LogP contribution in [0.1, 0.15) is 44.9 Å². The number of rotatable bonds is 4. The van der Waals surface area contributed by atoms with E-state index >= 15 is 0 Å². The predicted octanol–water partition coefficient (Wildman–Crippen LogP) is 4.45. The van der Waals surface area contributed by atoms with Gasteiger partial charge in [-0.3, -0.25) is 0 Å². The lowest BCUT2D eigenvalue weighted by Gasteiger charge is -2.26. The van der Waals surface area contributed by atoms with Crippen molar-refractivity contribution in [2.75, 3.05) is 19.0 Å². The summed E-state index contributed by atoms with van der Waals surface area (Å²) in [7, 11) is 4.11. The average Bonchev–Trinajstić information content (AvgIpc) is 2.53. The van der Waals surface area contributed by atoms with Crippen molar-refractivity contribution in [2.24, 2.45) is 11.8 Å². The van der Waals surface area contributed by atoms with E-state index in [1.807, 2.05) is 0 Å². The van der Waals surface area contributed by atoms with E-state index in [2.05, 4.69) is 50.2 Å². The number of aromatic nitrogens is 2. The zero-order chi connectivity index (χ0) is 15.5. The first-order valence-electron chi connectivity index (χ1n) is 8.56. The SMILES string of the molecule is CC1CCC(CCc2nc(N(C)C)c3ccccc3n2)CC1. The molecule has 0 aliphatic heterocycles. The highest BCUT2D eigenvalue weighted by molar-refractivity contribution is 5.89. The normalized spacial score (nSPS) is 22.0. The minimum absolute atomic E-state index is 0.870. The van der Waals surface area contributed by atoms with E-state index in [-0.39, 0.29) is 0 Å². The first-order valence-corrected chi connectivity index (χ1v) is 8.56. The van der Waals surface area contributed by atoms with Crippen LogP contribution in [0.2, 0.25) is 0 Å². The van der Waals surface area contributed by atoms with Crippen molar-refractivity contribution < 1.29 is 0 Å². The van der Waals surface area contributed by atoms with Crippen molar-refractivity contribution in [3.63, 3.8) is 0 Å². The van der Waals surface area contributed by atoms with Crippen molar-refractivity contribution >= 4 is 16.7 Å². The van der Waals surface area contributed by atoms with E-state index in [9.17, 15) is 0 Å². The molecule has 1 aromatic carbocycles. The summed E-state index contributed by atoms with van der Waals surface area (Å²) in [6, 6.07) is 8.31. The fraction of sp³-hybridized carbons (Fsp3) is 0.579. The van der Waals surface area contributed by atoms with Crippen LogP contribution in [0.15, 0.2) is 24.3 Å². The average molecular weight is 297 g/mol. The van der Waals surface area contributed by atoms with E-state index < -0.39 is 0 Å². The molecule has 2 aromatic rings. The first-order chi connectivity index (χ1) is 10.6. The van der Waals surface area contributed by atoms with Crippen LogP contribution in [0.5, 0.6) is 0 Å². The summed E-state index contributed by atoms with van der Waals surface area (Å²) < 4.78 is 0. The quantitative estimate of drug-likeness (QED) is 0.834. The minimum atomic E-state index is 0.870. The summed E-state index contributed by atoms with van der Waals surface area (Å²) in [4.78, 5) is 11.7. The zero-order valence-corrected chi connectivity index (χ0v) is 14.0. The lowest BCUT2D eigenvalue weighted by atomic mass is 9.81. The molecule has 1 saturated carbocycles. The van der Waals surface area contributed by atoms with E-state index in [0.29, 0.717) is 0 Å². The molecule has 3 rings (SSSR count). The highest BCUT2D eigenvalue weighted by atomic mass is 15.1. The Morgan fingerprint density at radius 3 is 2.50 bits per heavy atom. The molecule has 1 aromatic heterocycles. The number of fused-ring (bicyclic) bond motifs is 1. The second kappa shape index (κ2) is 6.64. The molecule has 0 spiro atoms.